The van der Waals surface area contributed by atoms with Crippen molar-refractivity contribution in [2.75, 3.05) is 0 Å². The van der Waals surface area contributed by atoms with E-state index in [9.17, 15) is 9.90 Å². The molecule has 0 aliphatic carbocycles. The zero-order valence-electron chi connectivity index (χ0n) is 9.92. The van der Waals surface area contributed by atoms with Crippen LogP contribution in [0.15, 0.2) is 12.2 Å². The fourth-order valence-corrected chi connectivity index (χ4v) is 1.41. The minimum absolute atomic E-state index is 0.215. The van der Waals surface area contributed by atoms with E-state index in [0.717, 1.165) is 12.8 Å². The van der Waals surface area contributed by atoms with Crippen molar-refractivity contribution in [2.45, 2.75) is 52.6 Å². The van der Waals surface area contributed by atoms with Crippen LogP contribution in [0.4, 0.5) is 0 Å². The van der Waals surface area contributed by atoms with E-state index in [2.05, 4.69) is 6.58 Å². The number of carbonyl (C=O) groups is 1. The molecular formula is C12H22O3. The highest BCUT2D eigenvalue weighted by molar-refractivity contribution is 5.85. The largest absolute Gasteiger partial charge is 0.478 e. The van der Waals surface area contributed by atoms with Crippen molar-refractivity contribution in [3.8, 4) is 0 Å². The third kappa shape index (κ3) is 4.98. The highest BCUT2D eigenvalue weighted by atomic mass is 16.4. The summed E-state index contributed by atoms with van der Waals surface area (Å²) in [6.07, 6.45) is 2.41. The normalized spacial score (nSPS) is 13.6. The van der Waals surface area contributed by atoms with Crippen molar-refractivity contribution in [3.05, 3.63) is 12.2 Å². The molecule has 88 valence electrons. The van der Waals surface area contributed by atoms with Crippen molar-refractivity contribution in [2.24, 2.45) is 5.41 Å². The predicted molar refractivity (Wildman–Crippen MR) is 60.7 cm³/mol. The van der Waals surface area contributed by atoms with Gasteiger partial charge in [0.2, 0.25) is 0 Å². The monoisotopic (exact) mass is 214 g/mol. The first-order valence-electron chi connectivity index (χ1n) is 5.40. The van der Waals surface area contributed by atoms with Gasteiger partial charge in [0.1, 0.15) is 0 Å². The van der Waals surface area contributed by atoms with Crippen LogP contribution in [0.2, 0.25) is 0 Å². The van der Waals surface area contributed by atoms with Crippen LogP contribution in [0.3, 0.4) is 0 Å². The molecule has 0 heterocycles. The molecule has 0 aromatic carbocycles. The molecule has 1 unspecified atom stereocenters. The molecular weight excluding hydrogens is 192 g/mol. The minimum Gasteiger partial charge on any atom is -0.478 e. The SMILES string of the molecule is C=C(CCC(C)(C)C(O)CCC)C(=O)O. The number of hydrogen-bond donors (Lipinski definition) is 2. The van der Waals surface area contributed by atoms with Gasteiger partial charge in [0, 0.05) is 5.57 Å². The number of carboxylic acid groups (broad SMARTS) is 1. The molecule has 0 amide bonds. The van der Waals surface area contributed by atoms with Gasteiger partial charge in [0.15, 0.2) is 0 Å². The smallest absolute Gasteiger partial charge is 0.330 e. The van der Waals surface area contributed by atoms with Gasteiger partial charge >= 0.3 is 5.97 Å². The first-order chi connectivity index (χ1) is 6.81. The Balaban J connectivity index is 4.14. The van der Waals surface area contributed by atoms with Gasteiger partial charge in [-0.2, -0.15) is 0 Å². The fraction of sp³-hybridized carbons (Fsp3) is 0.750. The van der Waals surface area contributed by atoms with Crippen LogP contribution in [-0.4, -0.2) is 22.3 Å². The second kappa shape index (κ2) is 5.91. The van der Waals surface area contributed by atoms with Gasteiger partial charge in [-0.15, -0.1) is 0 Å². The zero-order chi connectivity index (χ0) is 12.1. The molecule has 0 saturated carbocycles. The molecule has 0 saturated heterocycles. The number of hydrogen-bond acceptors (Lipinski definition) is 2. The second-order valence-electron chi connectivity index (χ2n) is 4.70. The molecule has 0 bridgehead atoms. The lowest BCUT2D eigenvalue weighted by Gasteiger charge is -2.30. The summed E-state index contributed by atoms with van der Waals surface area (Å²) in [6, 6.07) is 0. The molecule has 3 nitrogen and oxygen atoms in total. The molecule has 0 rings (SSSR count). The van der Waals surface area contributed by atoms with E-state index in [1.807, 2.05) is 20.8 Å². The van der Waals surface area contributed by atoms with Crippen LogP contribution in [0, 0.1) is 5.41 Å². The quantitative estimate of drug-likeness (QED) is 0.640. The Labute approximate surface area is 91.8 Å². The summed E-state index contributed by atoms with van der Waals surface area (Å²) >= 11 is 0. The Morgan fingerprint density at radius 1 is 1.47 bits per heavy atom. The van der Waals surface area contributed by atoms with E-state index in [1.165, 1.54) is 0 Å². The lowest BCUT2D eigenvalue weighted by molar-refractivity contribution is -0.132. The molecule has 1 atom stereocenters. The fourth-order valence-electron chi connectivity index (χ4n) is 1.41. The van der Waals surface area contributed by atoms with Crippen molar-refractivity contribution in [1.82, 2.24) is 0 Å². The molecule has 0 spiro atoms. The van der Waals surface area contributed by atoms with E-state index in [0.29, 0.717) is 12.8 Å². The third-order valence-electron chi connectivity index (χ3n) is 2.84. The molecule has 2 N–H and O–H groups in total. The average Bonchev–Trinajstić information content (AvgIpc) is 2.14. The Hall–Kier alpha value is -0.830. The summed E-state index contributed by atoms with van der Waals surface area (Å²) in [4.78, 5) is 10.5. The summed E-state index contributed by atoms with van der Waals surface area (Å²) in [6.45, 7) is 9.43. The molecule has 0 aliphatic heterocycles. The standard InChI is InChI=1S/C12H22O3/c1-5-6-10(13)12(3,4)8-7-9(2)11(14)15/h10,13H,2,5-8H2,1,3-4H3,(H,14,15). The third-order valence-corrected chi connectivity index (χ3v) is 2.84. The van der Waals surface area contributed by atoms with Gasteiger partial charge in [-0.05, 0) is 24.7 Å². The Bertz CT molecular complexity index is 231. The summed E-state index contributed by atoms with van der Waals surface area (Å²) in [7, 11) is 0. The Morgan fingerprint density at radius 2 is 2.00 bits per heavy atom. The van der Waals surface area contributed by atoms with Gasteiger partial charge in [-0.3, -0.25) is 0 Å². The van der Waals surface area contributed by atoms with E-state index < -0.39 is 5.97 Å². The van der Waals surface area contributed by atoms with Crippen LogP contribution in [0.5, 0.6) is 0 Å². The number of rotatable bonds is 7. The molecule has 0 aromatic rings. The molecule has 3 heteroatoms. The van der Waals surface area contributed by atoms with E-state index in [-0.39, 0.29) is 17.1 Å². The Morgan fingerprint density at radius 3 is 2.40 bits per heavy atom. The van der Waals surface area contributed by atoms with Crippen LogP contribution >= 0.6 is 0 Å². The van der Waals surface area contributed by atoms with E-state index >= 15 is 0 Å². The van der Waals surface area contributed by atoms with Gasteiger partial charge in [-0.25, -0.2) is 4.79 Å². The maximum Gasteiger partial charge on any atom is 0.330 e. The van der Waals surface area contributed by atoms with Crippen LogP contribution in [-0.2, 0) is 4.79 Å². The minimum atomic E-state index is -0.948. The van der Waals surface area contributed by atoms with Gasteiger partial charge in [-0.1, -0.05) is 33.8 Å². The lowest BCUT2D eigenvalue weighted by atomic mass is 9.79. The van der Waals surface area contributed by atoms with Gasteiger partial charge in [0.25, 0.3) is 0 Å². The average molecular weight is 214 g/mol. The summed E-state index contributed by atoms with van der Waals surface area (Å²) in [5, 5.41) is 18.5. The summed E-state index contributed by atoms with van der Waals surface area (Å²) < 4.78 is 0. The highest BCUT2D eigenvalue weighted by Gasteiger charge is 2.27. The van der Waals surface area contributed by atoms with Crippen molar-refractivity contribution in [3.63, 3.8) is 0 Å². The molecule has 15 heavy (non-hydrogen) atoms. The number of aliphatic carboxylic acids is 1. The van der Waals surface area contributed by atoms with Crippen LogP contribution in [0.1, 0.15) is 46.5 Å². The van der Waals surface area contributed by atoms with Gasteiger partial charge in [0.05, 0.1) is 6.10 Å². The number of aliphatic hydroxyl groups is 1. The first-order valence-corrected chi connectivity index (χ1v) is 5.40. The molecule has 0 radical (unpaired) electrons. The van der Waals surface area contributed by atoms with Crippen LogP contribution in [0.25, 0.3) is 0 Å². The summed E-state index contributed by atoms with van der Waals surface area (Å²) in [5.74, 6) is -0.948. The van der Waals surface area contributed by atoms with E-state index in [1.54, 1.807) is 0 Å². The molecule has 0 fully saturated rings. The van der Waals surface area contributed by atoms with Crippen LogP contribution < -0.4 is 0 Å². The summed E-state index contributed by atoms with van der Waals surface area (Å²) in [5.41, 5.74) is -0.0271. The van der Waals surface area contributed by atoms with Crippen molar-refractivity contribution < 1.29 is 15.0 Å². The highest BCUT2D eigenvalue weighted by Crippen LogP contribution is 2.30. The lowest BCUT2D eigenvalue weighted by Crippen LogP contribution is -2.29. The maximum absolute atomic E-state index is 10.5. The van der Waals surface area contributed by atoms with Crippen molar-refractivity contribution >= 4 is 5.97 Å². The topological polar surface area (TPSA) is 57.5 Å². The second-order valence-corrected chi connectivity index (χ2v) is 4.70. The number of carboxylic acids is 1. The van der Waals surface area contributed by atoms with Crippen molar-refractivity contribution in [1.29, 1.82) is 0 Å². The molecule has 0 aliphatic rings. The first kappa shape index (κ1) is 14.2. The predicted octanol–water partition coefficient (Wildman–Crippen LogP) is 2.59. The molecule has 0 aromatic heterocycles. The maximum atomic E-state index is 10.5. The number of aliphatic hydroxyl groups excluding tert-OH is 1. The van der Waals surface area contributed by atoms with Gasteiger partial charge < -0.3 is 10.2 Å². The van der Waals surface area contributed by atoms with E-state index in [4.69, 9.17) is 5.11 Å². The Kier molecular flexibility index (Phi) is 5.58. The zero-order valence-corrected chi connectivity index (χ0v) is 9.92.